The molecule has 3 heteroatoms. The maximum Gasteiger partial charge on any atom is 0.0631 e. The van der Waals surface area contributed by atoms with E-state index in [0.717, 1.165) is 30.7 Å². The summed E-state index contributed by atoms with van der Waals surface area (Å²) in [5.74, 6) is 0.504. The third kappa shape index (κ3) is 2.61. The Hall–Kier alpha value is -0.760. The number of aromatic nitrogens is 2. The molecule has 0 saturated carbocycles. The Balaban J connectivity index is 2.83. The molecule has 2 nitrogen and oxygen atoms in total. The SMILES string of the molecule is C=C(CCl)Cn1nc(CC)cc1CC. The molecule has 0 saturated heterocycles. The third-order valence-corrected chi connectivity index (χ3v) is 2.58. The second-order valence-corrected chi connectivity index (χ2v) is 3.64. The van der Waals surface area contributed by atoms with E-state index in [1.165, 1.54) is 5.69 Å². The molecule has 1 aromatic rings. The van der Waals surface area contributed by atoms with Crippen LogP contribution in [0.2, 0.25) is 0 Å². The molecular weight excluding hydrogens is 196 g/mol. The van der Waals surface area contributed by atoms with E-state index in [0.29, 0.717) is 5.88 Å². The van der Waals surface area contributed by atoms with E-state index in [2.05, 4.69) is 31.6 Å². The highest BCUT2D eigenvalue weighted by atomic mass is 35.5. The van der Waals surface area contributed by atoms with Crippen molar-refractivity contribution in [3.63, 3.8) is 0 Å². The van der Waals surface area contributed by atoms with Crippen molar-refractivity contribution in [2.45, 2.75) is 33.2 Å². The summed E-state index contributed by atoms with van der Waals surface area (Å²) in [5.41, 5.74) is 3.41. The molecule has 1 rings (SSSR count). The fourth-order valence-corrected chi connectivity index (χ4v) is 1.45. The number of allylic oxidation sites excluding steroid dienone is 1. The van der Waals surface area contributed by atoms with Crippen LogP contribution in [-0.2, 0) is 19.4 Å². The minimum Gasteiger partial charge on any atom is -0.265 e. The maximum absolute atomic E-state index is 5.70. The smallest absolute Gasteiger partial charge is 0.0631 e. The van der Waals surface area contributed by atoms with E-state index in [1.54, 1.807) is 0 Å². The molecule has 0 unspecified atom stereocenters. The van der Waals surface area contributed by atoms with Crippen molar-refractivity contribution in [1.82, 2.24) is 9.78 Å². The molecule has 0 N–H and O–H groups in total. The zero-order valence-corrected chi connectivity index (χ0v) is 9.64. The monoisotopic (exact) mass is 212 g/mol. The minimum absolute atomic E-state index is 0.504. The van der Waals surface area contributed by atoms with Crippen molar-refractivity contribution in [3.05, 3.63) is 29.6 Å². The van der Waals surface area contributed by atoms with Gasteiger partial charge in [-0.25, -0.2) is 0 Å². The van der Waals surface area contributed by atoms with Crippen LogP contribution in [0.5, 0.6) is 0 Å². The van der Waals surface area contributed by atoms with Gasteiger partial charge in [-0.2, -0.15) is 5.10 Å². The molecule has 14 heavy (non-hydrogen) atoms. The second kappa shape index (κ2) is 5.20. The second-order valence-electron chi connectivity index (χ2n) is 3.38. The lowest BCUT2D eigenvalue weighted by Gasteiger charge is -2.05. The highest BCUT2D eigenvalue weighted by Gasteiger charge is 2.05. The van der Waals surface area contributed by atoms with Gasteiger partial charge in [0, 0.05) is 11.6 Å². The van der Waals surface area contributed by atoms with Crippen molar-refractivity contribution < 1.29 is 0 Å². The number of rotatable bonds is 5. The first-order chi connectivity index (χ1) is 6.71. The number of halogens is 1. The fraction of sp³-hybridized carbons (Fsp3) is 0.545. The summed E-state index contributed by atoms with van der Waals surface area (Å²) in [7, 11) is 0. The Morgan fingerprint density at radius 2 is 2.21 bits per heavy atom. The molecule has 0 spiro atoms. The lowest BCUT2D eigenvalue weighted by Crippen LogP contribution is -2.07. The van der Waals surface area contributed by atoms with Gasteiger partial charge in [0.15, 0.2) is 0 Å². The van der Waals surface area contributed by atoms with Crippen molar-refractivity contribution in [1.29, 1.82) is 0 Å². The molecule has 78 valence electrons. The van der Waals surface area contributed by atoms with Crippen molar-refractivity contribution in [3.8, 4) is 0 Å². The van der Waals surface area contributed by atoms with Gasteiger partial charge in [0.2, 0.25) is 0 Å². The molecular formula is C11H17ClN2. The van der Waals surface area contributed by atoms with E-state index in [-0.39, 0.29) is 0 Å². The molecule has 1 heterocycles. The van der Waals surface area contributed by atoms with Crippen LogP contribution in [0, 0.1) is 0 Å². The van der Waals surface area contributed by atoms with E-state index >= 15 is 0 Å². The molecule has 0 aliphatic rings. The van der Waals surface area contributed by atoms with Gasteiger partial charge >= 0.3 is 0 Å². The normalized spacial score (nSPS) is 10.5. The van der Waals surface area contributed by atoms with Crippen LogP contribution >= 0.6 is 11.6 Å². The summed E-state index contributed by atoms with van der Waals surface area (Å²) in [6.07, 6.45) is 1.98. The van der Waals surface area contributed by atoms with Crippen LogP contribution in [-0.4, -0.2) is 15.7 Å². The maximum atomic E-state index is 5.70. The average Bonchev–Trinajstić information content (AvgIpc) is 2.60. The molecule has 0 fully saturated rings. The average molecular weight is 213 g/mol. The predicted octanol–water partition coefficient (Wildman–Crippen LogP) is 2.80. The molecule has 0 amide bonds. The van der Waals surface area contributed by atoms with Crippen molar-refractivity contribution >= 4 is 11.6 Å². The Morgan fingerprint density at radius 3 is 2.71 bits per heavy atom. The first-order valence-corrected chi connectivity index (χ1v) is 5.52. The van der Waals surface area contributed by atoms with Gasteiger partial charge < -0.3 is 0 Å². The van der Waals surface area contributed by atoms with Gasteiger partial charge in [-0.15, -0.1) is 11.6 Å². The lowest BCUT2D eigenvalue weighted by atomic mass is 10.2. The van der Waals surface area contributed by atoms with Gasteiger partial charge in [0.25, 0.3) is 0 Å². The number of hydrogen-bond donors (Lipinski definition) is 0. The first kappa shape index (κ1) is 11.3. The minimum atomic E-state index is 0.504. The van der Waals surface area contributed by atoms with Gasteiger partial charge in [-0.3, -0.25) is 4.68 Å². The Kier molecular flexibility index (Phi) is 4.21. The third-order valence-electron chi connectivity index (χ3n) is 2.20. The van der Waals surface area contributed by atoms with Crippen LogP contribution in [0.4, 0.5) is 0 Å². The van der Waals surface area contributed by atoms with E-state index in [1.807, 2.05) is 4.68 Å². The first-order valence-electron chi connectivity index (χ1n) is 4.99. The van der Waals surface area contributed by atoms with Gasteiger partial charge in [0.1, 0.15) is 0 Å². The lowest BCUT2D eigenvalue weighted by molar-refractivity contribution is 0.635. The number of nitrogens with zero attached hydrogens (tertiary/aromatic N) is 2. The van der Waals surface area contributed by atoms with Gasteiger partial charge in [-0.1, -0.05) is 20.4 Å². The van der Waals surface area contributed by atoms with Crippen LogP contribution in [0.1, 0.15) is 25.2 Å². The van der Waals surface area contributed by atoms with Crippen molar-refractivity contribution in [2.24, 2.45) is 0 Å². The number of hydrogen-bond acceptors (Lipinski definition) is 1. The molecule has 0 atom stereocenters. The Labute approximate surface area is 90.6 Å². The topological polar surface area (TPSA) is 17.8 Å². The molecule has 0 aliphatic carbocycles. The van der Waals surface area contributed by atoms with E-state index in [9.17, 15) is 0 Å². The summed E-state index contributed by atoms with van der Waals surface area (Å²) in [4.78, 5) is 0. The van der Waals surface area contributed by atoms with Gasteiger partial charge in [-0.05, 0) is 24.5 Å². The summed E-state index contributed by atoms with van der Waals surface area (Å²) in [6, 6.07) is 2.15. The quantitative estimate of drug-likeness (QED) is 0.542. The van der Waals surface area contributed by atoms with Gasteiger partial charge in [0.05, 0.1) is 12.2 Å². The van der Waals surface area contributed by atoms with E-state index in [4.69, 9.17) is 11.6 Å². The molecule has 0 aromatic carbocycles. The summed E-state index contributed by atoms with van der Waals surface area (Å²) in [6.45, 7) is 8.88. The van der Waals surface area contributed by atoms with Crippen LogP contribution in [0.3, 0.4) is 0 Å². The molecule has 0 bridgehead atoms. The van der Waals surface area contributed by atoms with E-state index < -0.39 is 0 Å². The highest BCUT2D eigenvalue weighted by Crippen LogP contribution is 2.09. The fourth-order valence-electron chi connectivity index (χ4n) is 1.36. The number of alkyl halides is 1. The molecule has 0 aliphatic heterocycles. The molecule has 0 radical (unpaired) electrons. The molecule has 1 aromatic heterocycles. The van der Waals surface area contributed by atoms with Crippen LogP contribution in [0.25, 0.3) is 0 Å². The van der Waals surface area contributed by atoms with Crippen LogP contribution in [0.15, 0.2) is 18.2 Å². The largest absolute Gasteiger partial charge is 0.265 e. The summed E-state index contributed by atoms with van der Waals surface area (Å²) < 4.78 is 2.00. The summed E-state index contributed by atoms with van der Waals surface area (Å²) >= 11 is 5.70. The summed E-state index contributed by atoms with van der Waals surface area (Å²) in [5, 5.41) is 4.48. The zero-order chi connectivity index (χ0) is 10.6. The Bertz CT molecular complexity index is 315. The predicted molar refractivity (Wildman–Crippen MR) is 60.8 cm³/mol. The highest BCUT2D eigenvalue weighted by molar-refractivity contribution is 6.19. The standard InChI is InChI=1S/C11H17ClN2/c1-4-10-6-11(5-2)14(13-10)8-9(3)7-12/h6H,3-5,7-8H2,1-2H3. The zero-order valence-electron chi connectivity index (χ0n) is 8.89. The van der Waals surface area contributed by atoms with Crippen LogP contribution < -0.4 is 0 Å². The number of aryl methyl sites for hydroxylation is 2. The van der Waals surface area contributed by atoms with Crippen molar-refractivity contribution in [2.75, 3.05) is 5.88 Å². The Morgan fingerprint density at radius 1 is 1.50 bits per heavy atom.